The Morgan fingerprint density at radius 3 is 2.43 bits per heavy atom. The Hall–Kier alpha value is -2.41. The first-order valence-corrected chi connectivity index (χ1v) is 7.87. The molecule has 0 saturated carbocycles. The monoisotopic (exact) mass is 334 g/mol. The number of carboxylic acid groups (broad SMARTS) is 1. The smallest absolute Gasteiger partial charge is 0.416 e. The summed E-state index contributed by atoms with van der Waals surface area (Å²) < 4.78 is 5.40. The zero-order valence-corrected chi connectivity index (χ0v) is 14.0. The highest BCUT2D eigenvalue weighted by Gasteiger charge is 2.26. The van der Waals surface area contributed by atoms with Crippen molar-refractivity contribution in [3.05, 3.63) is 47.0 Å². The van der Waals surface area contributed by atoms with E-state index in [-0.39, 0.29) is 12.2 Å². The molecular formula is C16H18N2O4S. The highest BCUT2D eigenvalue weighted by atomic mass is 32.1. The van der Waals surface area contributed by atoms with Gasteiger partial charge in [0.2, 0.25) is 0 Å². The first kappa shape index (κ1) is 17.0. The molecule has 23 heavy (non-hydrogen) atoms. The van der Waals surface area contributed by atoms with Crippen molar-refractivity contribution in [1.82, 2.24) is 4.98 Å². The van der Waals surface area contributed by atoms with Gasteiger partial charge in [0.1, 0.15) is 5.60 Å². The van der Waals surface area contributed by atoms with Crippen LogP contribution in [0.15, 0.2) is 35.7 Å². The lowest BCUT2D eigenvalue weighted by atomic mass is 10.2. The lowest BCUT2D eigenvalue weighted by Gasteiger charge is -2.25. The van der Waals surface area contributed by atoms with E-state index in [9.17, 15) is 9.59 Å². The number of hydrogen-bond acceptors (Lipinski definition) is 5. The molecule has 1 heterocycles. The lowest BCUT2D eigenvalue weighted by molar-refractivity contribution is 0.0575. The molecule has 2 rings (SSSR count). The summed E-state index contributed by atoms with van der Waals surface area (Å²) in [6.07, 6.45) is -0.562. The fraction of sp³-hybridized carbons (Fsp3) is 0.312. The number of amides is 1. The predicted molar refractivity (Wildman–Crippen MR) is 87.9 cm³/mol. The van der Waals surface area contributed by atoms with Crippen molar-refractivity contribution in [2.45, 2.75) is 32.9 Å². The molecule has 7 heteroatoms. The number of nitrogens with zero attached hydrogens (tertiary/aromatic N) is 2. The van der Waals surface area contributed by atoms with E-state index in [1.807, 2.05) is 30.3 Å². The molecule has 1 aromatic carbocycles. The minimum Gasteiger partial charge on any atom is -0.476 e. The average Bonchev–Trinajstić information content (AvgIpc) is 2.93. The maximum atomic E-state index is 12.5. The van der Waals surface area contributed by atoms with Gasteiger partial charge in [0.15, 0.2) is 10.8 Å². The molecule has 0 spiro atoms. The van der Waals surface area contributed by atoms with Crippen molar-refractivity contribution in [1.29, 1.82) is 0 Å². The minimum atomic E-state index is -1.13. The van der Waals surface area contributed by atoms with Crippen molar-refractivity contribution in [3.63, 3.8) is 0 Å². The maximum absolute atomic E-state index is 12.5. The Morgan fingerprint density at radius 2 is 1.91 bits per heavy atom. The minimum absolute atomic E-state index is 0.0911. The van der Waals surface area contributed by atoms with Crippen molar-refractivity contribution in [2.24, 2.45) is 0 Å². The van der Waals surface area contributed by atoms with E-state index in [4.69, 9.17) is 9.84 Å². The molecule has 0 aliphatic carbocycles. The van der Waals surface area contributed by atoms with Gasteiger partial charge in [-0.15, -0.1) is 11.3 Å². The average molecular weight is 334 g/mol. The summed E-state index contributed by atoms with van der Waals surface area (Å²) in [6.45, 7) is 5.57. The van der Waals surface area contributed by atoms with Crippen LogP contribution in [0.3, 0.4) is 0 Å². The Kier molecular flexibility index (Phi) is 5.00. The second kappa shape index (κ2) is 6.78. The van der Waals surface area contributed by atoms with Gasteiger partial charge in [-0.3, -0.25) is 0 Å². The topological polar surface area (TPSA) is 79.7 Å². The number of rotatable bonds is 4. The highest BCUT2D eigenvalue weighted by molar-refractivity contribution is 7.14. The molecule has 122 valence electrons. The van der Waals surface area contributed by atoms with Crippen LogP contribution in [0.4, 0.5) is 9.93 Å². The Morgan fingerprint density at radius 1 is 1.26 bits per heavy atom. The summed E-state index contributed by atoms with van der Waals surface area (Å²) in [5.41, 5.74) is 0.149. The van der Waals surface area contributed by atoms with E-state index >= 15 is 0 Å². The predicted octanol–water partition coefficient (Wildman–Crippen LogP) is 3.78. The van der Waals surface area contributed by atoms with Crippen LogP contribution < -0.4 is 4.90 Å². The number of aromatic carboxylic acids is 1. The summed E-state index contributed by atoms with van der Waals surface area (Å²) in [5, 5.41) is 10.7. The van der Waals surface area contributed by atoms with Gasteiger partial charge in [0.25, 0.3) is 0 Å². The first-order valence-electron chi connectivity index (χ1n) is 6.99. The molecule has 0 bridgehead atoms. The summed E-state index contributed by atoms with van der Waals surface area (Å²) in [4.78, 5) is 28.8. The number of carbonyl (C=O) groups is 2. The van der Waals surface area contributed by atoms with Crippen LogP contribution in [0.25, 0.3) is 0 Å². The van der Waals surface area contributed by atoms with E-state index in [1.165, 1.54) is 10.3 Å². The Bertz CT molecular complexity index is 692. The van der Waals surface area contributed by atoms with Gasteiger partial charge in [-0.1, -0.05) is 30.3 Å². The summed E-state index contributed by atoms with van der Waals surface area (Å²) in [6, 6.07) is 9.37. The molecule has 0 unspecified atom stereocenters. The fourth-order valence-corrected chi connectivity index (χ4v) is 2.57. The molecule has 1 amide bonds. The zero-order chi connectivity index (χ0) is 17.0. The van der Waals surface area contributed by atoms with Crippen LogP contribution in [0.5, 0.6) is 0 Å². The summed E-state index contributed by atoms with van der Waals surface area (Å²) in [7, 11) is 0. The van der Waals surface area contributed by atoms with Crippen LogP contribution in [-0.2, 0) is 11.3 Å². The van der Waals surface area contributed by atoms with Gasteiger partial charge < -0.3 is 9.84 Å². The summed E-state index contributed by atoms with van der Waals surface area (Å²) >= 11 is 1.09. The standard InChI is InChI=1S/C16H18N2O4S/c1-16(2,3)22-15(21)18(9-11-7-5-4-6-8-11)14-17-12(10-23-14)13(19)20/h4-8,10H,9H2,1-3H3,(H,19,20). The number of aromatic nitrogens is 1. The molecule has 0 aliphatic rings. The number of carboxylic acids is 1. The molecule has 0 atom stereocenters. The van der Waals surface area contributed by atoms with Crippen molar-refractivity contribution >= 4 is 28.5 Å². The van der Waals surface area contributed by atoms with Crippen LogP contribution in [0, 0.1) is 0 Å². The van der Waals surface area contributed by atoms with E-state index in [0.29, 0.717) is 5.13 Å². The van der Waals surface area contributed by atoms with Crippen LogP contribution in [0.1, 0.15) is 36.8 Å². The Balaban J connectivity index is 2.30. The third-order valence-electron chi connectivity index (χ3n) is 2.74. The fourth-order valence-electron chi connectivity index (χ4n) is 1.78. The number of hydrogen-bond donors (Lipinski definition) is 1. The molecule has 0 fully saturated rings. The van der Waals surface area contributed by atoms with E-state index in [0.717, 1.165) is 16.9 Å². The first-order chi connectivity index (χ1) is 10.8. The number of carbonyl (C=O) groups excluding carboxylic acids is 1. The van der Waals surface area contributed by atoms with Crippen molar-refractivity contribution in [3.8, 4) is 0 Å². The highest BCUT2D eigenvalue weighted by Crippen LogP contribution is 2.25. The molecule has 0 aliphatic heterocycles. The number of anilines is 1. The molecular weight excluding hydrogens is 316 g/mol. The van der Waals surface area contributed by atoms with Crippen molar-refractivity contribution < 1.29 is 19.4 Å². The van der Waals surface area contributed by atoms with Crippen LogP contribution in [0.2, 0.25) is 0 Å². The molecule has 2 aromatic rings. The molecule has 0 saturated heterocycles. The van der Waals surface area contributed by atoms with Gasteiger partial charge in [-0.25, -0.2) is 19.5 Å². The molecule has 6 nitrogen and oxygen atoms in total. The SMILES string of the molecule is CC(C)(C)OC(=O)N(Cc1ccccc1)c1nc(C(=O)O)cs1. The Labute approximate surface area is 138 Å². The van der Waals surface area contributed by atoms with Gasteiger partial charge >= 0.3 is 12.1 Å². The maximum Gasteiger partial charge on any atom is 0.416 e. The number of thiazole rings is 1. The van der Waals surface area contributed by atoms with E-state index < -0.39 is 17.7 Å². The van der Waals surface area contributed by atoms with Crippen LogP contribution in [-0.4, -0.2) is 27.8 Å². The lowest BCUT2D eigenvalue weighted by Crippen LogP contribution is -2.36. The quantitative estimate of drug-likeness (QED) is 0.920. The van der Waals surface area contributed by atoms with Gasteiger partial charge in [-0.2, -0.15) is 0 Å². The third kappa shape index (κ3) is 4.79. The van der Waals surface area contributed by atoms with E-state index in [1.54, 1.807) is 20.8 Å². The third-order valence-corrected chi connectivity index (χ3v) is 3.60. The molecule has 1 N–H and O–H groups in total. The zero-order valence-electron chi connectivity index (χ0n) is 13.1. The number of benzene rings is 1. The molecule has 0 radical (unpaired) electrons. The summed E-state index contributed by atoms with van der Waals surface area (Å²) in [5.74, 6) is -1.13. The van der Waals surface area contributed by atoms with Crippen LogP contribution >= 0.6 is 11.3 Å². The van der Waals surface area contributed by atoms with E-state index in [2.05, 4.69) is 4.98 Å². The second-order valence-corrected chi connectivity index (χ2v) is 6.71. The van der Waals surface area contributed by atoms with Gasteiger partial charge in [0, 0.05) is 5.38 Å². The number of ether oxygens (including phenoxy) is 1. The van der Waals surface area contributed by atoms with Crippen molar-refractivity contribution in [2.75, 3.05) is 4.90 Å². The van der Waals surface area contributed by atoms with Gasteiger partial charge in [0.05, 0.1) is 6.54 Å². The van der Waals surface area contributed by atoms with Gasteiger partial charge in [-0.05, 0) is 26.3 Å². The molecule has 1 aromatic heterocycles. The normalized spacial score (nSPS) is 11.1. The second-order valence-electron chi connectivity index (χ2n) is 5.87. The largest absolute Gasteiger partial charge is 0.476 e.